The lowest BCUT2D eigenvalue weighted by molar-refractivity contribution is 0.344. The molecule has 0 aliphatic carbocycles. The Morgan fingerprint density at radius 2 is 1.96 bits per heavy atom. The maximum atomic E-state index is 13.2. The maximum absolute atomic E-state index is 13.2. The molecule has 0 bridgehead atoms. The molecule has 0 N–H and O–H groups in total. The van der Waals surface area contributed by atoms with E-state index in [2.05, 4.69) is 27.0 Å². The standard InChI is InChI=1S/C17H19ClIN4O3PS/c1-21-14-13(15(24)22(17(21)25)8-3-9-26-27-19)23(16(20-14)28-2)10-11-4-6-12(18)7-5-11/h4-7,27H,3,8-10H2,1-2H3. The fourth-order valence-corrected chi connectivity index (χ4v) is 4.52. The van der Waals surface area contributed by atoms with Crippen molar-refractivity contribution in [2.75, 3.05) is 12.9 Å². The Labute approximate surface area is 185 Å². The monoisotopic (exact) mass is 552 g/mol. The fourth-order valence-electron chi connectivity index (χ4n) is 2.96. The van der Waals surface area contributed by atoms with Gasteiger partial charge in [0, 0.05) is 18.6 Å². The van der Waals surface area contributed by atoms with Gasteiger partial charge in [0.1, 0.15) is 0 Å². The molecule has 1 unspecified atom stereocenters. The zero-order valence-corrected chi connectivity index (χ0v) is 20.0. The summed E-state index contributed by atoms with van der Waals surface area (Å²) < 4.78 is 9.92. The third-order valence-electron chi connectivity index (χ3n) is 4.32. The molecule has 2 heterocycles. The highest BCUT2D eigenvalue weighted by atomic mass is 127. The molecule has 11 heteroatoms. The molecule has 2 aromatic heterocycles. The molecule has 150 valence electrons. The van der Waals surface area contributed by atoms with Gasteiger partial charge < -0.3 is 9.09 Å². The summed E-state index contributed by atoms with van der Waals surface area (Å²) in [6.45, 7) is 1.65. The zero-order chi connectivity index (χ0) is 20.3. The second kappa shape index (κ2) is 9.75. The SMILES string of the molecule is CSc1nc2c(c(=O)n(CCCOPI)c(=O)n2C)n1Cc1ccc(Cl)cc1. The van der Waals surface area contributed by atoms with Crippen LogP contribution in [0, 0.1) is 0 Å². The van der Waals surface area contributed by atoms with Crippen LogP contribution >= 0.6 is 51.9 Å². The molecule has 28 heavy (non-hydrogen) atoms. The van der Waals surface area contributed by atoms with Crippen LogP contribution in [0.3, 0.4) is 0 Å². The summed E-state index contributed by atoms with van der Waals surface area (Å²) in [6.07, 6.45) is 2.50. The minimum absolute atomic E-state index is 0.309. The molecule has 0 fully saturated rings. The summed E-state index contributed by atoms with van der Waals surface area (Å²) in [5, 5.41) is 1.34. The molecule has 0 aliphatic rings. The van der Waals surface area contributed by atoms with E-state index in [9.17, 15) is 9.59 Å². The molecule has 0 aliphatic heterocycles. The van der Waals surface area contributed by atoms with E-state index in [0.29, 0.717) is 53.9 Å². The quantitative estimate of drug-likeness (QED) is 0.185. The molecular weight excluding hydrogens is 534 g/mol. The molecule has 1 atom stereocenters. The highest BCUT2D eigenvalue weighted by Gasteiger charge is 2.20. The molecule has 7 nitrogen and oxygen atoms in total. The summed E-state index contributed by atoms with van der Waals surface area (Å²) in [5.41, 5.74) is 1.14. The number of fused-ring (bicyclic) bond motifs is 1. The molecule has 0 spiro atoms. The van der Waals surface area contributed by atoms with Crippen LogP contribution in [0.5, 0.6) is 0 Å². The Hall–Kier alpha value is -0.870. The van der Waals surface area contributed by atoms with Crippen molar-refractivity contribution in [2.45, 2.75) is 24.7 Å². The van der Waals surface area contributed by atoms with Crippen molar-refractivity contribution in [3.63, 3.8) is 0 Å². The van der Waals surface area contributed by atoms with Crippen LogP contribution in [0.25, 0.3) is 11.2 Å². The predicted octanol–water partition coefficient (Wildman–Crippen LogP) is 3.67. The summed E-state index contributed by atoms with van der Waals surface area (Å²) in [4.78, 5) is 30.4. The molecular formula is C17H19ClIN4O3PS. The van der Waals surface area contributed by atoms with Crippen LogP contribution in [-0.2, 0) is 24.7 Å². The highest BCUT2D eigenvalue weighted by molar-refractivity contribution is 14.2. The normalized spacial score (nSPS) is 11.9. The van der Waals surface area contributed by atoms with Crippen LogP contribution in [0.2, 0.25) is 5.02 Å². The topological polar surface area (TPSA) is 71.1 Å². The van der Waals surface area contributed by atoms with Crippen LogP contribution in [0.15, 0.2) is 39.0 Å². The van der Waals surface area contributed by atoms with E-state index in [0.717, 1.165) is 5.56 Å². The van der Waals surface area contributed by atoms with Gasteiger partial charge in [0.2, 0.25) is 0 Å². The van der Waals surface area contributed by atoms with Gasteiger partial charge in [-0.3, -0.25) is 13.9 Å². The third kappa shape index (κ3) is 4.48. The minimum atomic E-state index is -0.363. The fraction of sp³-hybridized carbons (Fsp3) is 0.353. The number of benzene rings is 1. The van der Waals surface area contributed by atoms with Crippen molar-refractivity contribution in [1.29, 1.82) is 0 Å². The summed E-state index contributed by atoms with van der Waals surface area (Å²) >= 11 is 9.56. The number of aromatic nitrogens is 4. The van der Waals surface area contributed by atoms with E-state index in [-0.39, 0.29) is 11.2 Å². The lowest BCUT2D eigenvalue weighted by Crippen LogP contribution is -2.40. The molecule has 3 aromatic rings. The van der Waals surface area contributed by atoms with E-state index >= 15 is 0 Å². The average Bonchev–Trinajstić information content (AvgIpc) is 3.06. The Morgan fingerprint density at radius 3 is 2.61 bits per heavy atom. The van der Waals surface area contributed by atoms with Gasteiger partial charge in [0.25, 0.3) is 5.56 Å². The lowest BCUT2D eigenvalue weighted by Gasteiger charge is -2.11. The number of rotatable bonds is 8. The van der Waals surface area contributed by atoms with Crippen LogP contribution < -0.4 is 11.2 Å². The van der Waals surface area contributed by atoms with Crippen molar-refractivity contribution >= 4 is 63.0 Å². The molecule has 3 rings (SSSR count). The number of hydrogen-bond donors (Lipinski definition) is 0. The van der Waals surface area contributed by atoms with Crippen molar-refractivity contribution < 1.29 is 4.52 Å². The molecule has 0 radical (unpaired) electrons. The van der Waals surface area contributed by atoms with Gasteiger partial charge in [-0.1, -0.05) is 35.5 Å². The highest BCUT2D eigenvalue weighted by Crippen LogP contribution is 2.22. The summed E-state index contributed by atoms with van der Waals surface area (Å²) in [5.74, 6) is 0. The zero-order valence-electron chi connectivity index (χ0n) is 15.3. The van der Waals surface area contributed by atoms with Gasteiger partial charge >= 0.3 is 5.69 Å². The van der Waals surface area contributed by atoms with Crippen molar-refractivity contribution in [3.05, 3.63) is 55.7 Å². The Bertz CT molecular complexity index is 1100. The summed E-state index contributed by atoms with van der Waals surface area (Å²) in [6, 6.07) is 7.47. The van der Waals surface area contributed by atoms with Crippen molar-refractivity contribution in [2.24, 2.45) is 7.05 Å². The number of imidazole rings is 1. The number of nitrogens with zero attached hydrogens (tertiary/aromatic N) is 4. The lowest BCUT2D eigenvalue weighted by atomic mass is 10.2. The van der Waals surface area contributed by atoms with Gasteiger partial charge in [-0.05, 0) is 52.4 Å². The van der Waals surface area contributed by atoms with Crippen LogP contribution in [-0.4, -0.2) is 31.5 Å². The van der Waals surface area contributed by atoms with Crippen LogP contribution in [0.1, 0.15) is 12.0 Å². The van der Waals surface area contributed by atoms with E-state index in [1.54, 1.807) is 7.05 Å². The summed E-state index contributed by atoms with van der Waals surface area (Å²) in [7, 11) is 1.65. The maximum Gasteiger partial charge on any atom is 0.332 e. The average molecular weight is 553 g/mol. The van der Waals surface area contributed by atoms with Crippen molar-refractivity contribution in [1.82, 2.24) is 18.7 Å². The van der Waals surface area contributed by atoms with E-state index in [1.807, 2.05) is 35.1 Å². The van der Waals surface area contributed by atoms with E-state index < -0.39 is 0 Å². The van der Waals surface area contributed by atoms with Gasteiger partial charge in [0.15, 0.2) is 16.3 Å². The second-order valence-corrected chi connectivity index (χ2v) is 9.03. The van der Waals surface area contributed by atoms with Gasteiger partial charge in [0.05, 0.1) is 19.6 Å². The van der Waals surface area contributed by atoms with Crippen LogP contribution in [0.4, 0.5) is 0 Å². The molecule has 0 saturated heterocycles. The van der Waals surface area contributed by atoms with E-state index in [4.69, 9.17) is 16.1 Å². The van der Waals surface area contributed by atoms with Gasteiger partial charge in [-0.25, -0.2) is 9.78 Å². The van der Waals surface area contributed by atoms with Crippen molar-refractivity contribution in [3.8, 4) is 0 Å². The molecule has 0 amide bonds. The number of aryl methyl sites for hydroxylation is 1. The number of hydrogen-bond acceptors (Lipinski definition) is 5. The molecule has 0 saturated carbocycles. The number of halogens is 2. The first-order chi connectivity index (χ1) is 13.5. The Morgan fingerprint density at radius 1 is 1.25 bits per heavy atom. The second-order valence-electron chi connectivity index (χ2n) is 6.06. The largest absolute Gasteiger partial charge is 0.352 e. The third-order valence-corrected chi connectivity index (χ3v) is 6.49. The first-order valence-electron chi connectivity index (χ1n) is 8.43. The minimum Gasteiger partial charge on any atom is -0.352 e. The number of thioether (sulfide) groups is 1. The smallest absolute Gasteiger partial charge is 0.332 e. The first-order valence-corrected chi connectivity index (χ1v) is 14.1. The van der Waals surface area contributed by atoms with Gasteiger partial charge in [-0.15, -0.1) is 0 Å². The predicted molar refractivity (Wildman–Crippen MR) is 124 cm³/mol. The first kappa shape index (κ1) is 21.8. The Balaban J connectivity index is 2.12. The van der Waals surface area contributed by atoms with Gasteiger partial charge in [-0.2, -0.15) is 0 Å². The molecule has 1 aromatic carbocycles. The van der Waals surface area contributed by atoms with E-state index in [1.165, 1.54) is 20.9 Å². The Kier molecular flexibility index (Phi) is 7.60.